The predicted octanol–water partition coefficient (Wildman–Crippen LogP) is 6.43. The molecule has 1 amide bonds. The molecule has 11 nitrogen and oxygen atoms in total. The number of anilines is 1. The smallest absolute Gasteiger partial charge is 0.306 e. The molecule has 2 aromatic heterocycles. The van der Waals surface area contributed by atoms with E-state index in [-0.39, 0.29) is 24.0 Å². The zero-order chi connectivity index (χ0) is 36.7. The number of halogens is 2. The summed E-state index contributed by atoms with van der Waals surface area (Å²) in [5.74, 6) is -0.134. The zero-order valence-corrected chi connectivity index (χ0v) is 31.4. The lowest BCUT2D eigenvalue weighted by atomic mass is 9.81. The summed E-state index contributed by atoms with van der Waals surface area (Å²) >= 11 is 13.9. The molecule has 13 heteroatoms. The van der Waals surface area contributed by atoms with Crippen molar-refractivity contribution in [2.24, 2.45) is 25.9 Å². The quantitative estimate of drug-likeness (QED) is 0.178. The highest BCUT2D eigenvalue weighted by Gasteiger charge is 2.31. The third kappa shape index (κ3) is 7.16. The lowest BCUT2D eigenvalue weighted by Gasteiger charge is -2.33. The first-order chi connectivity index (χ1) is 25.0. The van der Waals surface area contributed by atoms with Crippen molar-refractivity contribution in [2.45, 2.75) is 65.0 Å². The molecule has 0 radical (unpaired) electrons. The predicted molar refractivity (Wildman–Crippen MR) is 201 cm³/mol. The molecule has 4 aromatic rings. The van der Waals surface area contributed by atoms with Gasteiger partial charge in [0, 0.05) is 88.6 Å². The number of hydrogen-bond donors (Lipinski definition) is 2. The van der Waals surface area contributed by atoms with Gasteiger partial charge in [-0.2, -0.15) is 0 Å². The van der Waals surface area contributed by atoms with E-state index in [1.165, 1.54) is 0 Å². The lowest BCUT2D eigenvalue weighted by molar-refractivity contribution is -0.143. The van der Waals surface area contributed by atoms with E-state index in [4.69, 9.17) is 33.2 Å². The van der Waals surface area contributed by atoms with Crippen molar-refractivity contribution >= 4 is 46.5 Å². The van der Waals surface area contributed by atoms with Crippen molar-refractivity contribution in [1.82, 2.24) is 28.9 Å². The van der Waals surface area contributed by atoms with Crippen LogP contribution >= 0.6 is 23.2 Å². The van der Waals surface area contributed by atoms with Crippen LogP contribution in [0.1, 0.15) is 82.2 Å². The second kappa shape index (κ2) is 15.1. The number of carboxylic acids is 1. The molecule has 0 unspecified atom stereocenters. The molecular weight excluding hydrogens is 701 g/mol. The average molecular weight is 747 g/mol. The van der Waals surface area contributed by atoms with Crippen molar-refractivity contribution in [3.05, 3.63) is 86.4 Å². The van der Waals surface area contributed by atoms with Crippen molar-refractivity contribution in [3.8, 4) is 11.1 Å². The number of fused-ring (bicyclic) bond motifs is 2. The van der Waals surface area contributed by atoms with Gasteiger partial charge < -0.3 is 19.6 Å². The number of imidazole rings is 2. The summed E-state index contributed by atoms with van der Waals surface area (Å²) < 4.78 is 3.79. The average Bonchev–Trinajstić information content (AvgIpc) is 3.65. The Balaban J connectivity index is 1.04. The van der Waals surface area contributed by atoms with Crippen LogP contribution in [0.2, 0.25) is 10.0 Å². The van der Waals surface area contributed by atoms with E-state index in [0.29, 0.717) is 56.5 Å². The molecule has 1 saturated carbocycles. The number of amides is 1. The van der Waals surface area contributed by atoms with Gasteiger partial charge in [-0.25, -0.2) is 9.97 Å². The SMILES string of the molecule is CCN1CCc2c(nc(C(=O)Cc3cccc(-c4cccc(NC(=O)c5nc6c(n5C)CCN(CC5CCC(C(=O)O)CC5)C6)c4Cl)c3Cl)n2C)C1. The number of Topliss-reactive ketones (excluding diaryl/α,β-unsaturated/α-hetero) is 1. The molecule has 0 atom stereocenters. The number of hydrogen-bond acceptors (Lipinski definition) is 7. The highest BCUT2D eigenvalue weighted by atomic mass is 35.5. The molecule has 4 heterocycles. The maximum absolute atomic E-state index is 13.7. The standard InChI is InChI=1S/C39H45Cl2N7O4/c1-4-47-17-15-31-29(21-47)42-36(45(31)2)33(49)19-25-7-5-8-26(34(25)40)27-9-6-10-28(35(27)41)44-38(50)37-43-30-22-48(18-16-32(30)46(37)3)20-23-11-13-24(14-12-23)39(51)52/h5-10,23-24H,4,11-22H2,1-3H3,(H,44,50)(H,51,52). The van der Waals surface area contributed by atoms with Crippen LogP contribution in [-0.4, -0.2) is 77.8 Å². The van der Waals surface area contributed by atoms with Gasteiger partial charge in [0.15, 0.2) is 11.6 Å². The molecule has 2 N–H and O–H groups in total. The van der Waals surface area contributed by atoms with Gasteiger partial charge in [-0.1, -0.05) is 60.5 Å². The number of carbonyl (C=O) groups is 3. The van der Waals surface area contributed by atoms with E-state index in [0.717, 1.165) is 94.0 Å². The first kappa shape index (κ1) is 36.3. The van der Waals surface area contributed by atoms with Gasteiger partial charge >= 0.3 is 5.97 Å². The molecule has 1 aliphatic carbocycles. The minimum atomic E-state index is -0.683. The molecule has 0 bridgehead atoms. The van der Waals surface area contributed by atoms with E-state index in [2.05, 4.69) is 22.0 Å². The zero-order valence-electron chi connectivity index (χ0n) is 29.9. The maximum Gasteiger partial charge on any atom is 0.306 e. The lowest BCUT2D eigenvalue weighted by Crippen LogP contribution is -2.36. The van der Waals surface area contributed by atoms with Crippen molar-refractivity contribution in [1.29, 1.82) is 0 Å². The monoisotopic (exact) mass is 745 g/mol. The molecule has 0 saturated heterocycles. The Labute approximate surface area is 313 Å². The summed E-state index contributed by atoms with van der Waals surface area (Å²) in [5, 5.41) is 13.1. The molecule has 3 aliphatic rings. The normalized spacial score (nSPS) is 19.2. The summed E-state index contributed by atoms with van der Waals surface area (Å²) in [6.45, 7) is 7.21. The Morgan fingerprint density at radius 2 is 1.42 bits per heavy atom. The Hall–Kier alpha value is -4.03. The van der Waals surface area contributed by atoms with Crippen molar-refractivity contribution < 1.29 is 19.5 Å². The fourth-order valence-electron chi connectivity index (χ4n) is 8.19. The Kier molecular flexibility index (Phi) is 10.6. The number of likely N-dealkylation sites (N-methyl/N-ethyl adjacent to an activating group) is 1. The number of ketones is 1. The summed E-state index contributed by atoms with van der Waals surface area (Å²) in [7, 11) is 3.78. The molecule has 274 valence electrons. The van der Waals surface area contributed by atoms with Crippen LogP contribution in [-0.2, 0) is 51.2 Å². The number of carbonyl (C=O) groups excluding carboxylic acids is 2. The summed E-state index contributed by atoms with van der Waals surface area (Å²) in [6.07, 6.45) is 5.06. The van der Waals surface area contributed by atoms with Crippen LogP contribution < -0.4 is 5.32 Å². The number of rotatable bonds is 10. The maximum atomic E-state index is 13.7. The number of aliphatic carboxylic acids is 1. The van der Waals surface area contributed by atoms with Crippen LogP contribution in [0.3, 0.4) is 0 Å². The van der Waals surface area contributed by atoms with Gasteiger partial charge in [-0.05, 0) is 49.8 Å². The van der Waals surface area contributed by atoms with Crippen LogP contribution in [0.15, 0.2) is 36.4 Å². The largest absolute Gasteiger partial charge is 0.481 e. The number of benzene rings is 2. The first-order valence-corrected chi connectivity index (χ1v) is 18.9. The van der Waals surface area contributed by atoms with E-state index in [1.54, 1.807) is 6.07 Å². The van der Waals surface area contributed by atoms with Crippen molar-refractivity contribution in [3.63, 3.8) is 0 Å². The summed E-state index contributed by atoms with van der Waals surface area (Å²) in [6, 6.07) is 11.0. The Morgan fingerprint density at radius 3 is 2.10 bits per heavy atom. The Bertz CT molecular complexity index is 2030. The van der Waals surface area contributed by atoms with Crippen LogP contribution in [0, 0.1) is 11.8 Å². The molecular formula is C39H45Cl2N7O4. The highest BCUT2D eigenvalue weighted by Crippen LogP contribution is 2.39. The fourth-order valence-corrected chi connectivity index (χ4v) is 8.76. The van der Waals surface area contributed by atoms with Gasteiger partial charge in [0.25, 0.3) is 5.91 Å². The highest BCUT2D eigenvalue weighted by molar-refractivity contribution is 6.39. The van der Waals surface area contributed by atoms with Gasteiger partial charge in [-0.3, -0.25) is 24.2 Å². The fraction of sp³-hybridized carbons (Fsp3) is 0.462. The third-order valence-electron chi connectivity index (χ3n) is 11.2. The van der Waals surface area contributed by atoms with Gasteiger partial charge in [0.1, 0.15) is 0 Å². The minimum absolute atomic E-state index is 0.0923. The van der Waals surface area contributed by atoms with Crippen LogP contribution in [0.25, 0.3) is 11.1 Å². The van der Waals surface area contributed by atoms with Gasteiger partial charge in [0.2, 0.25) is 5.78 Å². The van der Waals surface area contributed by atoms with Gasteiger partial charge in [-0.15, -0.1) is 0 Å². The van der Waals surface area contributed by atoms with Gasteiger partial charge in [0.05, 0.1) is 33.0 Å². The molecule has 7 rings (SSSR count). The second-order valence-electron chi connectivity index (χ2n) is 14.4. The van der Waals surface area contributed by atoms with E-state index in [1.807, 2.05) is 53.6 Å². The minimum Gasteiger partial charge on any atom is -0.481 e. The summed E-state index contributed by atoms with van der Waals surface area (Å²) in [4.78, 5) is 52.8. The van der Waals surface area contributed by atoms with Crippen LogP contribution in [0.4, 0.5) is 5.69 Å². The van der Waals surface area contributed by atoms with Crippen molar-refractivity contribution in [2.75, 3.05) is 31.5 Å². The van der Waals surface area contributed by atoms with Crippen LogP contribution in [0.5, 0.6) is 0 Å². The summed E-state index contributed by atoms with van der Waals surface area (Å²) in [5.41, 5.74) is 6.41. The molecule has 0 spiro atoms. The third-order valence-corrected chi connectivity index (χ3v) is 12.1. The second-order valence-corrected chi connectivity index (χ2v) is 15.2. The number of nitrogens with one attached hydrogen (secondary N) is 1. The molecule has 1 fully saturated rings. The number of carboxylic acid groups (broad SMARTS) is 1. The number of nitrogens with zero attached hydrogens (tertiary/aromatic N) is 6. The molecule has 2 aromatic carbocycles. The molecule has 2 aliphatic heterocycles. The van der Waals surface area contributed by atoms with E-state index >= 15 is 0 Å². The topological polar surface area (TPSA) is 126 Å². The first-order valence-electron chi connectivity index (χ1n) is 18.2. The Morgan fingerprint density at radius 1 is 0.827 bits per heavy atom. The molecule has 52 heavy (non-hydrogen) atoms. The van der Waals surface area contributed by atoms with E-state index < -0.39 is 5.97 Å². The van der Waals surface area contributed by atoms with E-state index in [9.17, 15) is 19.5 Å². The number of aromatic nitrogens is 4.